The van der Waals surface area contributed by atoms with E-state index in [2.05, 4.69) is 13.8 Å². The molecule has 0 aromatic carbocycles. The number of sulfonamides is 1. The number of hydrogen-bond donors (Lipinski definition) is 2. The first kappa shape index (κ1) is 11.9. The lowest BCUT2D eigenvalue weighted by Gasteiger charge is -2.26. The van der Waals surface area contributed by atoms with E-state index >= 15 is 0 Å². The molecule has 0 aliphatic heterocycles. The van der Waals surface area contributed by atoms with Gasteiger partial charge in [-0.2, -0.15) is 0 Å². The van der Waals surface area contributed by atoms with E-state index in [1.54, 1.807) is 0 Å². The molecule has 3 atom stereocenters. The van der Waals surface area contributed by atoms with Crippen molar-refractivity contribution in [3.8, 4) is 0 Å². The third kappa shape index (κ3) is 2.68. The second-order valence-electron chi connectivity index (χ2n) is 4.87. The molecule has 0 aromatic rings. The zero-order chi connectivity index (χ0) is 11.0. The summed E-state index contributed by atoms with van der Waals surface area (Å²) in [6.07, 6.45) is 1.75. The summed E-state index contributed by atoms with van der Waals surface area (Å²) in [6, 6.07) is 0. The molecule has 1 fully saturated rings. The molecule has 4 nitrogen and oxygen atoms in total. The van der Waals surface area contributed by atoms with E-state index in [1.165, 1.54) is 0 Å². The van der Waals surface area contributed by atoms with Gasteiger partial charge in [-0.3, -0.25) is 0 Å². The Morgan fingerprint density at radius 1 is 1.29 bits per heavy atom. The fourth-order valence-corrected chi connectivity index (χ4v) is 3.83. The predicted octanol–water partition coefficient (Wildman–Crippen LogP) is 0.286. The molecule has 0 heterocycles. The maximum absolute atomic E-state index is 11.1. The van der Waals surface area contributed by atoms with Crippen LogP contribution < -0.4 is 10.9 Å². The SMILES string of the molecule is C[C@@H]1C[C@](CN)(CS(N)(=O)=O)C[C@@H]1C. The third-order valence-electron chi connectivity index (χ3n) is 3.42. The highest BCUT2D eigenvalue weighted by Crippen LogP contribution is 2.45. The quantitative estimate of drug-likeness (QED) is 0.716. The highest BCUT2D eigenvalue weighted by molar-refractivity contribution is 7.89. The molecule has 0 unspecified atom stereocenters. The first-order chi connectivity index (χ1) is 6.28. The van der Waals surface area contributed by atoms with Gasteiger partial charge in [0.25, 0.3) is 0 Å². The number of rotatable bonds is 3. The fourth-order valence-electron chi connectivity index (χ4n) is 2.62. The van der Waals surface area contributed by atoms with Gasteiger partial charge in [-0.25, -0.2) is 13.6 Å². The third-order valence-corrected chi connectivity index (χ3v) is 4.44. The molecular weight excluding hydrogens is 200 g/mol. The zero-order valence-corrected chi connectivity index (χ0v) is 9.68. The highest BCUT2D eigenvalue weighted by atomic mass is 32.2. The first-order valence-electron chi connectivity index (χ1n) is 4.98. The average molecular weight is 220 g/mol. The molecule has 1 saturated carbocycles. The monoisotopic (exact) mass is 220 g/mol. The largest absolute Gasteiger partial charge is 0.330 e. The lowest BCUT2D eigenvalue weighted by atomic mass is 9.87. The predicted molar refractivity (Wildman–Crippen MR) is 57.0 cm³/mol. The van der Waals surface area contributed by atoms with Crippen molar-refractivity contribution >= 4 is 10.0 Å². The van der Waals surface area contributed by atoms with Crippen LogP contribution in [0.1, 0.15) is 26.7 Å². The average Bonchev–Trinajstić information content (AvgIpc) is 2.25. The maximum Gasteiger partial charge on any atom is 0.209 e. The summed E-state index contributed by atoms with van der Waals surface area (Å²) in [7, 11) is -3.40. The van der Waals surface area contributed by atoms with Crippen LogP contribution in [0.3, 0.4) is 0 Å². The van der Waals surface area contributed by atoms with Crippen LogP contribution >= 0.6 is 0 Å². The van der Waals surface area contributed by atoms with Crippen molar-refractivity contribution < 1.29 is 8.42 Å². The molecule has 0 spiro atoms. The van der Waals surface area contributed by atoms with Gasteiger partial charge in [-0.15, -0.1) is 0 Å². The Kier molecular flexibility index (Phi) is 3.23. The molecule has 0 radical (unpaired) electrons. The summed E-state index contributed by atoms with van der Waals surface area (Å²) in [5, 5.41) is 5.08. The molecule has 0 saturated heterocycles. The van der Waals surface area contributed by atoms with E-state index in [9.17, 15) is 8.42 Å². The summed E-state index contributed by atoms with van der Waals surface area (Å²) >= 11 is 0. The molecule has 1 aliphatic carbocycles. The Hall–Kier alpha value is -0.130. The Labute approximate surface area is 86.1 Å². The van der Waals surface area contributed by atoms with Crippen molar-refractivity contribution in [2.75, 3.05) is 12.3 Å². The van der Waals surface area contributed by atoms with E-state index in [0.717, 1.165) is 12.8 Å². The Morgan fingerprint density at radius 3 is 2.00 bits per heavy atom. The first-order valence-corrected chi connectivity index (χ1v) is 6.70. The van der Waals surface area contributed by atoms with E-state index in [0.29, 0.717) is 18.4 Å². The zero-order valence-electron chi connectivity index (χ0n) is 8.86. The van der Waals surface area contributed by atoms with Crippen LogP contribution in [-0.2, 0) is 10.0 Å². The van der Waals surface area contributed by atoms with E-state index in [-0.39, 0.29) is 11.2 Å². The summed E-state index contributed by atoms with van der Waals surface area (Å²) in [5.41, 5.74) is 5.41. The smallest absolute Gasteiger partial charge is 0.209 e. The normalized spacial score (nSPS) is 38.9. The molecule has 1 aliphatic rings. The lowest BCUT2D eigenvalue weighted by molar-refractivity contribution is 0.334. The Balaban J connectivity index is 2.80. The lowest BCUT2D eigenvalue weighted by Crippen LogP contribution is -2.38. The highest BCUT2D eigenvalue weighted by Gasteiger charge is 2.42. The summed E-state index contributed by atoms with van der Waals surface area (Å²) in [5.74, 6) is 1.12. The summed E-state index contributed by atoms with van der Waals surface area (Å²) in [6.45, 7) is 4.70. The fraction of sp³-hybridized carbons (Fsp3) is 1.00. The van der Waals surface area contributed by atoms with E-state index < -0.39 is 10.0 Å². The van der Waals surface area contributed by atoms with Crippen molar-refractivity contribution in [2.45, 2.75) is 26.7 Å². The number of primary sulfonamides is 1. The molecule has 5 heteroatoms. The van der Waals surface area contributed by atoms with Crippen LogP contribution in [0.2, 0.25) is 0 Å². The maximum atomic E-state index is 11.1. The Bertz CT molecular complexity index is 290. The van der Waals surface area contributed by atoms with Crippen molar-refractivity contribution in [1.29, 1.82) is 0 Å². The van der Waals surface area contributed by atoms with E-state index in [4.69, 9.17) is 10.9 Å². The van der Waals surface area contributed by atoms with Gasteiger partial charge < -0.3 is 5.73 Å². The van der Waals surface area contributed by atoms with Gasteiger partial charge in [-0.1, -0.05) is 13.8 Å². The number of hydrogen-bond acceptors (Lipinski definition) is 3. The second-order valence-corrected chi connectivity index (χ2v) is 6.49. The van der Waals surface area contributed by atoms with Gasteiger partial charge in [0.15, 0.2) is 0 Å². The van der Waals surface area contributed by atoms with Crippen molar-refractivity contribution in [1.82, 2.24) is 0 Å². The topological polar surface area (TPSA) is 86.2 Å². The van der Waals surface area contributed by atoms with Gasteiger partial charge in [-0.05, 0) is 36.6 Å². The van der Waals surface area contributed by atoms with Crippen molar-refractivity contribution in [3.05, 3.63) is 0 Å². The molecule has 14 heavy (non-hydrogen) atoms. The molecular formula is C9H20N2O2S. The van der Waals surface area contributed by atoms with Crippen LogP contribution in [0, 0.1) is 17.3 Å². The molecule has 0 amide bonds. The molecule has 0 aromatic heterocycles. The van der Waals surface area contributed by atoms with Gasteiger partial charge in [0.05, 0.1) is 5.75 Å². The number of nitrogens with two attached hydrogens (primary N) is 2. The van der Waals surface area contributed by atoms with Crippen molar-refractivity contribution in [2.24, 2.45) is 28.1 Å². The van der Waals surface area contributed by atoms with Crippen LogP contribution in [-0.4, -0.2) is 20.7 Å². The van der Waals surface area contributed by atoms with Crippen molar-refractivity contribution in [3.63, 3.8) is 0 Å². The van der Waals surface area contributed by atoms with Crippen LogP contribution in [0.4, 0.5) is 0 Å². The minimum absolute atomic E-state index is 0.0329. The van der Waals surface area contributed by atoms with Crippen LogP contribution in [0.15, 0.2) is 0 Å². The van der Waals surface area contributed by atoms with Gasteiger partial charge >= 0.3 is 0 Å². The summed E-state index contributed by atoms with van der Waals surface area (Å²) < 4.78 is 22.2. The molecule has 1 rings (SSSR count). The van der Waals surface area contributed by atoms with E-state index in [1.807, 2.05) is 0 Å². The summed E-state index contributed by atoms with van der Waals surface area (Å²) in [4.78, 5) is 0. The molecule has 0 bridgehead atoms. The molecule has 4 N–H and O–H groups in total. The van der Waals surface area contributed by atoms with Gasteiger partial charge in [0, 0.05) is 0 Å². The van der Waals surface area contributed by atoms with Crippen LogP contribution in [0.25, 0.3) is 0 Å². The van der Waals surface area contributed by atoms with Gasteiger partial charge in [0.1, 0.15) is 0 Å². The van der Waals surface area contributed by atoms with Gasteiger partial charge in [0.2, 0.25) is 10.0 Å². The van der Waals surface area contributed by atoms with Crippen LogP contribution in [0.5, 0.6) is 0 Å². The molecule has 84 valence electrons. The Morgan fingerprint density at radius 2 is 1.71 bits per heavy atom. The second kappa shape index (κ2) is 3.79. The minimum Gasteiger partial charge on any atom is -0.330 e. The standard InChI is InChI=1S/C9H20N2O2S/c1-7-3-9(5-10,4-8(7)2)6-14(11,12)13/h7-8H,3-6,10H2,1-2H3,(H2,11,12,13)/t7-,8+,9+. The minimum atomic E-state index is -3.40.